The molecule has 0 aliphatic rings. The zero-order valence-electron chi connectivity index (χ0n) is 8.15. The van der Waals surface area contributed by atoms with Gasteiger partial charge in [-0.25, -0.2) is 4.39 Å². The van der Waals surface area contributed by atoms with Gasteiger partial charge < -0.3 is 4.74 Å². The van der Waals surface area contributed by atoms with Crippen LogP contribution in [0.2, 0.25) is 0 Å². The van der Waals surface area contributed by atoms with E-state index in [1.165, 1.54) is 6.07 Å². The van der Waals surface area contributed by atoms with Crippen molar-refractivity contribution < 1.29 is 22.3 Å². The van der Waals surface area contributed by atoms with Crippen LogP contribution >= 0.6 is 15.9 Å². The highest BCUT2D eigenvalue weighted by molar-refractivity contribution is 9.09. The Kier molecular flexibility index (Phi) is 4.58. The minimum absolute atomic E-state index is 0.346. The number of ether oxygens (including phenoxy) is 1. The van der Waals surface area contributed by atoms with E-state index in [0.717, 1.165) is 12.1 Å². The maximum atomic E-state index is 12.8. The third kappa shape index (κ3) is 4.38. The summed E-state index contributed by atoms with van der Waals surface area (Å²) in [6, 6.07) is 3.17. The predicted octanol–water partition coefficient (Wildman–Crippen LogP) is 4.05. The molecule has 0 saturated carbocycles. The molecule has 1 rings (SSSR count). The smallest absolute Gasteiger partial charge is 0.405 e. The van der Waals surface area contributed by atoms with Crippen molar-refractivity contribution in [1.82, 2.24) is 0 Å². The number of alkyl halides is 4. The summed E-state index contributed by atoms with van der Waals surface area (Å²) in [5, 5.41) is 0.663. The molecule has 0 heterocycles. The SMILES string of the molecule is Fc1ccc(CCCBr)c(OC(F)(F)F)c1. The monoisotopic (exact) mass is 300 g/mol. The molecule has 0 spiro atoms. The lowest BCUT2D eigenvalue weighted by Gasteiger charge is -2.12. The van der Waals surface area contributed by atoms with Crippen LogP contribution in [0.5, 0.6) is 5.75 Å². The van der Waals surface area contributed by atoms with Crippen molar-refractivity contribution in [3.8, 4) is 5.75 Å². The lowest BCUT2D eigenvalue weighted by molar-refractivity contribution is -0.275. The maximum Gasteiger partial charge on any atom is 0.573 e. The van der Waals surface area contributed by atoms with Crippen molar-refractivity contribution in [2.45, 2.75) is 19.2 Å². The molecular weight excluding hydrogens is 292 g/mol. The van der Waals surface area contributed by atoms with Crippen LogP contribution in [-0.4, -0.2) is 11.7 Å². The van der Waals surface area contributed by atoms with Gasteiger partial charge in [-0.05, 0) is 24.5 Å². The molecule has 0 bridgehead atoms. The summed E-state index contributed by atoms with van der Waals surface area (Å²) in [7, 11) is 0. The molecule has 90 valence electrons. The lowest BCUT2D eigenvalue weighted by atomic mass is 10.1. The molecule has 1 aromatic carbocycles. The predicted molar refractivity (Wildman–Crippen MR) is 55.2 cm³/mol. The van der Waals surface area contributed by atoms with E-state index in [0.29, 0.717) is 23.7 Å². The third-order valence-corrected chi connectivity index (χ3v) is 2.40. The van der Waals surface area contributed by atoms with Crippen LogP contribution in [0.15, 0.2) is 18.2 Å². The normalized spacial score (nSPS) is 11.6. The highest BCUT2D eigenvalue weighted by Gasteiger charge is 2.32. The second-order valence-corrected chi connectivity index (χ2v) is 3.89. The Labute approximate surface area is 98.5 Å². The molecule has 0 unspecified atom stereocenters. The Morgan fingerprint density at radius 3 is 2.50 bits per heavy atom. The van der Waals surface area contributed by atoms with E-state index in [1.807, 2.05) is 0 Å². The van der Waals surface area contributed by atoms with Gasteiger partial charge in [0.25, 0.3) is 0 Å². The van der Waals surface area contributed by atoms with Crippen molar-refractivity contribution in [3.63, 3.8) is 0 Å². The lowest BCUT2D eigenvalue weighted by Crippen LogP contribution is -2.18. The minimum atomic E-state index is -4.79. The van der Waals surface area contributed by atoms with Crippen molar-refractivity contribution in [2.24, 2.45) is 0 Å². The quantitative estimate of drug-likeness (QED) is 0.602. The number of halogens is 5. The molecule has 1 nitrogen and oxygen atoms in total. The Hall–Kier alpha value is -0.780. The number of benzene rings is 1. The zero-order chi connectivity index (χ0) is 12.2. The Morgan fingerprint density at radius 2 is 1.94 bits per heavy atom. The van der Waals surface area contributed by atoms with Crippen LogP contribution in [0.25, 0.3) is 0 Å². The van der Waals surface area contributed by atoms with E-state index >= 15 is 0 Å². The van der Waals surface area contributed by atoms with Gasteiger partial charge in [0.05, 0.1) is 0 Å². The van der Waals surface area contributed by atoms with E-state index in [1.54, 1.807) is 0 Å². The van der Waals surface area contributed by atoms with Crippen molar-refractivity contribution >= 4 is 15.9 Å². The first-order valence-corrected chi connectivity index (χ1v) is 5.64. The summed E-state index contributed by atoms with van der Waals surface area (Å²) in [6.45, 7) is 0. The molecule has 0 aliphatic heterocycles. The van der Waals surface area contributed by atoms with Gasteiger partial charge in [-0.15, -0.1) is 13.2 Å². The van der Waals surface area contributed by atoms with Crippen molar-refractivity contribution in [3.05, 3.63) is 29.6 Å². The molecule has 16 heavy (non-hydrogen) atoms. The van der Waals surface area contributed by atoms with Gasteiger partial charge >= 0.3 is 6.36 Å². The largest absolute Gasteiger partial charge is 0.573 e. The van der Waals surface area contributed by atoms with Crippen LogP contribution in [0.1, 0.15) is 12.0 Å². The Balaban J connectivity index is 2.89. The summed E-state index contributed by atoms with van der Waals surface area (Å²) in [5.41, 5.74) is 0.346. The van der Waals surface area contributed by atoms with Crippen molar-refractivity contribution in [1.29, 1.82) is 0 Å². The molecule has 0 fully saturated rings. The molecule has 6 heteroatoms. The summed E-state index contributed by atoms with van der Waals surface area (Å²) in [5.74, 6) is -1.21. The molecule has 0 amide bonds. The van der Waals surface area contributed by atoms with Crippen LogP contribution in [-0.2, 0) is 6.42 Å². The summed E-state index contributed by atoms with van der Waals surface area (Å²) in [4.78, 5) is 0. The standard InChI is InChI=1S/C10H9BrF4O/c11-5-1-2-7-3-4-8(12)6-9(7)16-10(13,14)15/h3-4,6H,1-2,5H2. The van der Waals surface area contributed by atoms with Gasteiger partial charge in [-0.1, -0.05) is 22.0 Å². The first-order valence-electron chi connectivity index (χ1n) is 4.52. The number of hydrogen-bond acceptors (Lipinski definition) is 1. The number of aryl methyl sites for hydroxylation is 1. The van der Waals surface area contributed by atoms with Crippen LogP contribution < -0.4 is 4.74 Å². The summed E-state index contributed by atoms with van der Waals surface area (Å²) in [6.07, 6.45) is -3.74. The molecular formula is C10H9BrF4O. The molecule has 0 saturated heterocycles. The van der Waals surface area contributed by atoms with Crippen molar-refractivity contribution in [2.75, 3.05) is 5.33 Å². The second kappa shape index (κ2) is 5.52. The first-order chi connectivity index (χ1) is 7.42. The Bertz CT molecular complexity index is 351. The molecule has 0 N–H and O–H groups in total. The molecule has 0 radical (unpaired) electrons. The van der Waals surface area contributed by atoms with E-state index in [4.69, 9.17) is 0 Å². The van der Waals surface area contributed by atoms with Crippen LogP contribution in [0, 0.1) is 5.82 Å². The highest BCUT2D eigenvalue weighted by Crippen LogP contribution is 2.28. The first kappa shape index (κ1) is 13.3. The zero-order valence-corrected chi connectivity index (χ0v) is 9.74. The highest BCUT2D eigenvalue weighted by atomic mass is 79.9. The van der Waals surface area contributed by atoms with Crippen LogP contribution in [0.4, 0.5) is 17.6 Å². The number of rotatable bonds is 4. The summed E-state index contributed by atoms with van der Waals surface area (Å²) < 4.78 is 52.6. The molecule has 0 aromatic heterocycles. The van der Waals surface area contributed by atoms with Gasteiger partial charge in [0.2, 0.25) is 0 Å². The maximum absolute atomic E-state index is 12.8. The fourth-order valence-electron chi connectivity index (χ4n) is 1.21. The van der Waals surface area contributed by atoms with E-state index in [-0.39, 0.29) is 0 Å². The van der Waals surface area contributed by atoms with E-state index in [9.17, 15) is 17.6 Å². The Morgan fingerprint density at radius 1 is 1.25 bits per heavy atom. The average Bonchev–Trinajstić information content (AvgIpc) is 2.14. The number of hydrogen-bond donors (Lipinski definition) is 0. The third-order valence-electron chi connectivity index (χ3n) is 1.83. The summed E-state index contributed by atoms with van der Waals surface area (Å²) >= 11 is 3.17. The second-order valence-electron chi connectivity index (χ2n) is 3.09. The van der Waals surface area contributed by atoms with Gasteiger partial charge in [-0.3, -0.25) is 0 Å². The minimum Gasteiger partial charge on any atom is -0.405 e. The van der Waals surface area contributed by atoms with Gasteiger partial charge in [0.1, 0.15) is 11.6 Å². The van der Waals surface area contributed by atoms with Gasteiger partial charge in [0, 0.05) is 11.4 Å². The fraction of sp³-hybridized carbons (Fsp3) is 0.400. The van der Waals surface area contributed by atoms with Gasteiger partial charge in [0.15, 0.2) is 0 Å². The van der Waals surface area contributed by atoms with Gasteiger partial charge in [-0.2, -0.15) is 0 Å². The van der Waals surface area contributed by atoms with E-state index in [2.05, 4.69) is 20.7 Å². The fourth-order valence-corrected chi connectivity index (χ4v) is 1.49. The van der Waals surface area contributed by atoms with E-state index < -0.39 is 17.9 Å². The molecule has 0 atom stereocenters. The van der Waals surface area contributed by atoms with Crippen LogP contribution in [0.3, 0.4) is 0 Å². The molecule has 0 aliphatic carbocycles. The molecule has 1 aromatic rings. The topological polar surface area (TPSA) is 9.23 Å². The average molecular weight is 301 g/mol.